The molecule has 0 fully saturated rings. The Morgan fingerprint density at radius 2 is 2.19 bits per heavy atom. The summed E-state index contributed by atoms with van der Waals surface area (Å²) in [6, 6.07) is 7.34. The van der Waals surface area contributed by atoms with Crippen molar-refractivity contribution in [3.05, 3.63) is 34.3 Å². The maximum absolute atomic E-state index is 8.69. The molecule has 86 valence electrons. The second-order valence-corrected chi connectivity index (χ2v) is 4.08. The van der Waals surface area contributed by atoms with E-state index in [0.717, 1.165) is 18.6 Å². The Kier molecular flexibility index (Phi) is 5.92. The van der Waals surface area contributed by atoms with Crippen LogP contribution in [0.5, 0.6) is 0 Å². The summed E-state index contributed by atoms with van der Waals surface area (Å²) in [6.07, 6.45) is 3.48. The lowest BCUT2D eigenvalue weighted by atomic mass is 10.1. The van der Waals surface area contributed by atoms with Gasteiger partial charge in [-0.1, -0.05) is 37.4 Å². The number of benzene rings is 1. The maximum atomic E-state index is 8.69. The van der Waals surface area contributed by atoms with Crippen LogP contribution in [0.4, 0.5) is 0 Å². The predicted molar refractivity (Wildman–Crippen MR) is 65.3 cm³/mol. The van der Waals surface area contributed by atoms with Crippen molar-refractivity contribution in [1.82, 2.24) is 0 Å². The molecule has 0 aliphatic heterocycles. The number of unbranched alkanes of at least 4 members (excludes halogenated alkanes) is 2. The molecule has 0 aliphatic carbocycles. The van der Waals surface area contributed by atoms with Crippen molar-refractivity contribution in [2.24, 2.45) is 0 Å². The van der Waals surface area contributed by atoms with Gasteiger partial charge in [-0.2, -0.15) is 5.26 Å². The molecule has 0 aliphatic rings. The highest BCUT2D eigenvalue weighted by Gasteiger charge is 2.01. The topological polar surface area (TPSA) is 33.0 Å². The molecule has 3 heteroatoms. The SMILES string of the molecule is CCCCCOCc1ccc(C#N)cc1Cl. The Morgan fingerprint density at radius 1 is 1.38 bits per heavy atom. The molecule has 0 saturated carbocycles. The highest BCUT2D eigenvalue weighted by molar-refractivity contribution is 6.31. The number of nitrogens with zero attached hydrogens (tertiary/aromatic N) is 1. The Hall–Kier alpha value is -1.04. The summed E-state index contributed by atoms with van der Waals surface area (Å²) in [7, 11) is 0. The predicted octanol–water partition coefficient (Wildman–Crippen LogP) is 3.92. The molecule has 0 spiro atoms. The maximum Gasteiger partial charge on any atom is 0.0992 e. The van der Waals surface area contributed by atoms with Gasteiger partial charge in [0.1, 0.15) is 0 Å². The third-order valence-electron chi connectivity index (χ3n) is 2.33. The molecule has 1 rings (SSSR count). The van der Waals surface area contributed by atoms with E-state index in [2.05, 4.69) is 13.0 Å². The molecule has 0 unspecified atom stereocenters. The molecule has 16 heavy (non-hydrogen) atoms. The monoisotopic (exact) mass is 237 g/mol. The lowest BCUT2D eigenvalue weighted by molar-refractivity contribution is 0.117. The van der Waals surface area contributed by atoms with Gasteiger partial charge in [-0.25, -0.2) is 0 Å². The van der Waals surface area contributed by atoms with Crippen LogP contribution in [0.1, 0.15) is 37.3 Å². The molecule has 0 aromatic heterocycles. The van der Waals surface area contributed by atoms with Crippen LogP contribution in [-0.2, 0) is 11.3 Å². The van der Waals surface area contributed by atoms with Crippen LogP contribution >= 0.6 is 11.6 Å². The average Bonchev–Trinajstić information content (AvgIpc) is 2.30. The number of nitriles is 1. The summed E-state index contributed by atoms with van der Waals surface area (Å²) in [5, 5.41) is 9.29. The number of rotatable bonds is 6. The third-order valence-corrected chi connectivity index (χ3v) is 2.68. The van der Waals surface area contributed by atoms with Crippen LogP contribution < -0.4 is 0 Å². The Labute approximate surface area is 102 Å². The van der Waals surface area contributed by atoms with Crippen LogP contribution in [0.2, 0.25) is 5.02 Å². The third kappa shape index (κ3) is 4.22. The van der Waals surface area contributed by atoms with E-state index >= 15 is 0 Å². The van der Waals surface area contributed by atoms with Crippen LogP contribution in [0.25, 0.3) is 0 Å². The van der Waals surface area contributed by atoms with Crippen molar-refractivity contribution in [3.63, 3.8) is 0 Å². The summed E-state index contributed by atoms with van der Waals surface area (Å²) >= 11 is 6.02. The number of ether oxygens (including phenoxy) is 1. The summed E-state index contributed by atoms with van der Waals surface area (Å²) in [5.74, 6) is 0. The highest BCUT2D eigenvalue weighted by Crippen LogP contribution is 2.18. The van der Waals surface area contributed by atoms with E-state index in [1.165, 1.54) is 12.8 Å². The van der Waals surface area contributed by atoms with E-state index in [9.17, 15) is 0 Å². The van der Waals surface area contributed by atoms with Gasteiger partial charge >= 0.3 is 0 Å². The van der Waals surface area contributed by atoms with Crippen molar-refractivity contribution in [2.75, 3.05) is 6.61 Å². The van der Waals surface area contributed by atoms with E-state index in [1.54, 1.807) is 12.1 Å². The van der Waals surface area contributed by atoms with E-state index < -0.39 is 0 Å². The van der Waals surface area contributed by atoms with E-state index in [-0.39, 0.29) is 0 Å². The Morgan fingerprint density at radius 3 is 2.81 bits per heavy atom. The normalized spacial score (nSPS) is 10.1. The molecule has 0 radical (unpaired) electrons. The van der Waals surface area contributed by atoms with Crippen molar-refractivity contribution in [2.45, 2.75) is 32.8 Å². The van der Waals surface area contributed by atoms with Gasteiger partial charge in [-0.15, -0.1) is 0 Å². The van der Waals surface area contributed by atoms with Crippen molar-refractivity contribution in [1.29, 1.82) is 5.26 Å². The molecule has 0 saturated heterocycles. The zero-order chi connectivity index (χ0) is 11.8. The molecule has 0 bridgehead atoms. The first kappa shape index (κ1) is 13.0. The number of hydrogen-bond acceptors (Lipinski definition) is 2. The van der Waals surface area contributed by atoms with Crippen LogP contribution in [0, 0.1) is 11.3 Å². The second-order valence-electron chi connectivity index (χ2n) is 3.68. The van der Waals surface area contributed by atoms with Gasteiger partial charge < -0.3 is 4.74 Å². The summed E-state index contributed by atoms with van der Waals surface area (Å²) < 4.78 is 5.51. The van der Waals surface area contributed by atoms with Gasteiger partial charge in [-0.05, 0) is 24.1 Å². The van der Waals surface area contributed by atoms with Gasteiger partial charge in [0, 0.05) is 11.6 Å². The summed E-state index contributed by atoms with van der Waals surface area (Å²) in [5.41, 5.74) is 1.52. The summed E-state index contributed by atoms with van der Waals surface area (Å²) in [6.45, 7) is 3.45. The van der Waals surface area contributed by atoms with Gasteiger partial charge in [0.05, 0.1) is 18.2 Å². The Bertz CT molecular complexity index is 371. The minimum absolute atomic E-state index is 0.522. The minimum Gasteiger partial charge on any atom is -0.377 e. The molecule has 0 atom stereocenters. The van der Waals surface area contributed by atoms with Gasteiger partial charge in [-0.3, -0.25) is 0 Å². The smallest absolute Gasteiger partial charge is 0.0992 e. The molecule has 0 N–H and O–H groups in total. The lowest BCUT2D eigenvalue weighted by Gasteiger charge is -2.06. The van der Waals surface area contributed by atoms with Crippen LogP contribution in [0.3, 0.4) is 0 Å². The molecule has 2 nitrogen and oxygen atoms in total. The van der Waals surface area contributed by atoms with Crippen molar-refractivity contribution < 1.29 is 4.74 Å². The zero-order valence-corrected chi connectivity index (χ0v) is 10.3. The van der Waals surface area contributed by atoms with E-state index in [1.807, 2.05) is 6.07 Å². The van der Waals surface area contributed by atoms with Crippen LogP contribution in [-0.4, -0.2) is 6.61 Å². The van der Waals surface area contributed by atoms with E-state index in [0.29, 0.717) is 17.2 Å². The van der Waals surface area contributed by atoms with Gasteiger partial charge in [0.2, 0.25) is 0 Å². The zero-order valence-electron chi connectivity index (χ0n) is 9.50. The van der Waals surface area contributed by atoms with Crippen molar-refractivity contribution >= 4 is 11.6 Å². The minimum atomic E-state index is 0.522. The van der Waals surface area contributed by atoms with Gasteiger partial charge in [0.15, 0.2) is 0 Å². The quantitative estimate of drug-likeness (QED) is 0.703. The lowest BCUT2D eigenvalue weighted by Crippen LogP contribution is -1.96. The first-order valence-electron chi connectivity index (χ1n) is 5.54. The Balaban J connectivity index is 2.40. The fourth-order valence-corrected chi connectivity index (χ4v) is 1.61. The highest BCUT2D eigenvalue weighted by atomic mass is 35.5. The standard InChI is InChI=1S/C13H16ClNO/c1-2-3-4-7-16-10-12-6-5-11(9-15)8-13(12)14/h5-6,8H,2-4,7,10H2,1H3. The number of hydrogen-bond donors (Lipinski definition) is 0. The van der Waals surface area contributed by atoms with Crippen molar-refractivity contribution in [3.8, 4) is 6.07 Å². The van der Waals surface area contributed by atoms with Gasteiger partial charge in [0.25, 0.3) is 0 Å². The molecule has 0 heterocycles. The second kappa shape index (κ2) is 7.27. The first-order chi connectivity index (χ1) is 7.77. The molecular weight excluding hydrogens is 222 g/mol. The molecule has 1 aromatic carbocycles. The fourth-order valence-electron chi connectivity index (χ4n) is 1.37. The fraction of sp³-hybridized carbons (Fsp3) is 0.462. The molecule has 0 amide bonds. The van der Waals surface area contributed by atoms with Crippen LogP contribution in [0.15, 0.2) is 18.2 Å². The largest absolute Gasteiger partial charge is 0.377 e. The average molecular weight is 238 g/mol. The first-order valence-corrected chi connectivity index (χ1v) is 5.92. The molecular formula is C13H16ClNO. The molecule has 1 aromatic rings. The van der Waals surface area contributed by atoms with E-state index in [4.69, 9.17) is 21.6 Å². The summed E-state index contributed by atoms with van der Waals surface area (Å²) in [4.78, 5) is 0. The number of halogens is 1.